The van der Waals surface area contributed by atoms with Gasteiger partial charge in [-0.15, -0.1) is 0 Å². The van der Waals surface area contributed by atoms with Crippen LogP contribution in [0.4, 0.5) is 8.78 Å². The first-order chi connectivity index (χ1) is 10.7. The topological polar surface area (TPSA) is 21.7 Å². The van der Waals surface area contributed by atoms with Crippen LogP contribution in [0.1, 0.15) is 30.4 Å². The number of hydrogen-bond acceptors (Lipinski definition) is 3. The van der Waals surface area contributed by atoms with E-state index in [1.54, 1.807) is 12.1 Å². The summed E-state index contributed by atoms with van der Waals surface area (Å²) in [5.74, 6) is 0.614. The lowest BCUT2D eigenvalue weighted by molar-refractivity contribution is -0.0507. The van der Waals surface area contributed by atoms with E-state index < -0.39 is 6.43 Å². The Bertz CT molecular complexity index is 460. The van der Waals surface area contributed by atoms with Crippen molar-refractivity contribution in [2.45, 2.75) is 32.0 Å². The van der Waals surface area contributed by atoms with Gasteiger partial charge in [-0.05, 0) is 30.9 Å². The van der Waals surface area contributed by atoms with Crippen LogP contribution < -0.4 is 0 Å². The van der Waals surface area contributed by atoms with Gasteiger partial charge in [0, 0.05) is 25.1 Å². The first-order valence-corrected chi connectivity index (χ1v) is 8.03. The van der Waals surface area contributed by atoms with Gasteiger partial charge in [-0.3, -0.25) is 0 Å². The molecule has 3 rings (SSSR count). The lowest BCUT2D eigenvalue weighted by Gasteiger charge is -2.18. The molecule has 2 fully saturated rings. The van der Waals surface area contributed by atoms with E-state index in [9.17, 15) is 8.78 Å². The van der Waals surface area contributed by atoms with Gasteiger partial charge in [0.15, 0.2) is 6.29 Å². The SMILES string of the molecule is FC(F)c1ccc(C[C@@H]2CCN(CCC3OCCO3)C2)cc1. The predicted molar refractivity (Wildman–Crippen MR) is 80.0 cm³/mol. The zero-order valence-electron chi connectivity index (χ0n) is 12.7. The summed E-state index contributed by atoms with van der Waals surface area (Å²) in [6.07, 6.45) is 0.659. The third-order valence-electron chi connectivity index (χ3n) is 4.50. The van der Waals surface area contributed by atoms with E-state index in [2.05, 4.69) is 4.90 Å². The Kier molecular flexibility index (Phi) is 5.39. The second kappa shape index (κ2) is 7.49. The molecule has 0 N–H and O–H groups in total. The molecule has 5 heteroatoms. The summed E-state index contributed by atoms with van der Waals surface area (Å²) in [5, 5.41) is 0. The second-order valence-electron chi connectivity index (χ2n) is 6.16. The number of alkyl halides is 2. The average Bonchev–Trinajstić information content (AvgIpc) is 3.17. The van der Waals surface area contributed by atoms with Gasteiger partial charge in [0.05, 0.1) is 13.2 Å². The third kappa shape index (κ3) is 4.24. The van der Waals surface area contributed by atoms with Crippen LogP contribution in [-0.2, 0) is 15.9 Å². The quantitative estimate of drug-likeness (QED) is 0.805. The van der Waals surface area contributed by atoms with Crippen molar-refractivity contribution in [2.24, 2.45) is 5.92 Å². The van der Waals surface area contributed by atoms with Crippen molar-refractivity contribution in [1.29, 1.82) is 0 Å². The summed E-state index contributed by atoms with van der Waals surface area (Å²) < 4.78 is 36.0. The van der Waals surface area contributed by atoms with Crippen LogP contribution in [0.15, 0.2) is 24.3 Å². The molecule has 2 aliphatic rings. The molecule has 0 aromatic heterocycles. The molecule has 0 amide bonds. The zero-order chi connectivity index (χ0) is 15.4. The molecule has 22 heavy (non-hydrogen) atoms. The number of hydrogen-bond donors (Lipinski definition) is 0. The lowest BCUT2D eigenvalue weighted by Crippen LogP contribution is -2.26. The molecule has 1 aromatic carbocycles. The molecule has 0 spiro atoms. The number of benzene rings is 1. The minimum atomic E-state index is -2.38. The first-order valence-electron chi connectivity index (χ1n) is 8.03. The van der Waals surface area contributed by atoms with Crippen LogP contribution in [0, 0.1) is 5.92 Å². The van der Waals surface area contributed by atoms with Crippen LogP contribution >= 0.6 is 0 Å². The highest BCUT2D eigenvalue weighted by molar-refractivity contribution is 5.23. The summed E-state index contributed by atoms with van der Waals surface area (Å²) in [5.41, 5.74) is 1.26. The maximum Gasteiger partial charge on any atom is 0.263 e. The molecule has 3 nitrogen and oxygen atoms in total. The summed E-state index contributed by atoms with van der Waals surface area (Å²) in [6.45, 7) is 4.60. The highest BCUT2D eigenvalue weighted by Gasteiger charge is 2.24. The van der Waals surface area contributed by atoms with Crippen LogP contribution in [-0.4, -0.2) is 44.0 Å². The summed E-state index contributed by atoms with van der Waals surface area (Å²) in [7, 11) is 0. The van der Waals surface area contributed by atoms with Gasteiger partial charge >= 0.3 is 0 Å². The summed E-state index contributed by atoms with van der Waals surface area (Å²) in [6, 6.07) is 6.76. The van der Waals surface area contributed by atoms with Crippen molar-refractivity contribution >= 4 is 0 Å². The molecule has 0 saturated carbocycles. The van der Waals surface area contributed by atoms with Gasteiger partial charge in [-0.1, -0.05) is 24.3 Å². The van der Waals surface area contributed by atoms with E-state index in [1.807, 2.05) is 12.1 Å². The van der Waals surface area contributed by atoms with E-state index in [0.29, 0.717) is 19.1 Å². The monoisotopic (exact) mass is 311 g/mol. The normalized spacial score (nSPS) is 23.7. The van der Waals surface area contributed by atoms with Crippen molar-refractivity contribution in [3.05, 3.63) is 35.4 Å². The fourth-order valence-corrected chi connectivity index (χ4v) is 3.28. The minimum Gasteiger partial charge on any atom is -0.350 e. The number of likely N-dealkylation sites (tertiary alicyclic amines) is 1. The number of rotatable bonds is 6. The highest BCUT2D eigenvalue weighted by atomic mass is 19.3. The standard InChI is InChI=1S/C17H23F2NO2/c18-17(19)15-3-1-13(2-4-15)11-14-5-7-20(12-14)8-6-16-21-9-10-22-16/h1-4,14,16-17H,5-12H2/t14-/m0/s1. The molecule has 2 aliphatic heterocycles. The molecular weight excluding hydrogens is 288 g/mol. The lowest BCUT2D eigenvalue weighted by atomic mass is 9.98. The Morgan fingerprint density at radius 2 is 1.86 bits per heavy atom. The minimum absolute atomic E-state index is 0.0269. The molecule has 0 radical (unpaired) electrons. The number of nitrogens with zero attached hydrogens (tertiary/aromatic N) is 1. The molecule has 0 bridgehead atoms. The van der Waals surface area contributed by atoms with Gasteiger partial charge in [0.2, 0.25) is 0 Å². The highest BCUT2D eigenvalue weighted by Crippen LogP contribution is 2.24. The molecule has 0 aliphatic carbocycles. The smallest absolute Gasteiger partial charge is 0.263 e. The molecule has 2 heterocycles. The third-order valence-corrected chi connectivity index (χ3v) is 4.50. The predicted octanol–water partition coefficient (Wildman–Crippen LogP) is 3.25. The van der Waals surface area contributed by atoms with Crippen molar-refractivity contribution < 1.29 is 18.3 Å². The molecule has 122 valence electrons. The maximum absolute atomic E-state index is 12.5. The molecule has 2 saturated heterocycles. The second-order valence-corrected chi connectivity index (χ2v) is 6.16. The molecule has 1 atom stereocenters. The van der Waals surface area contributed by atoms with Crippen molar-refractivity contribution in [3.8, 4) is 0 Å². The molecular formula is C17H23F2NO2. The van der Waals surface area contributed by atoms with Gasteiger partial charge in [0.1, 0.15) is 0 Å². The number of ether oxygens (including phenoxy) is 2. The van der Waals surface area contributed by atoms with E-state index >= 15 is 0 Å². The van der Waals surface area contributed by atoms with Crippen LogP contribution in [0.5, 0.6) is 0 Å². The maximum atomic E-state index is 12.5. The Balaban J connectivity index is 1.42. The fraction of sp³-hybridized carbons (Fsp3) is 0.647. The summed E-state index contributed by atoms with van der Waals surface area (Å²) >= 11 is 0. The van der Waals surface area contributed by atoms with Crippen molar-refractivity contribution in [3.63, 3.8) is 0 Å². The van der Waals surface area contributed by atoms with E-state index in [-0.39, 0.29) is 11.9 Å². The fourth-order valence-electron chi connectivity index (χ4n) is 3.28. The van der Waals surface area contributed by atoms with E-state index in [4.69, 9.17) is 9.47 Å². The van der Waals surface area contributed by atoms with Gasteiger partial charge in [0.25, 0.3) is 6.43 Å². The first kappa shape index (κ1) is 15.8. The Morgan fingerprint density at radius 3 is 2.55 bits per heavy atom. The Labute approximate surface area is 130 Å². The van der Waals surface area contributed by atoms with Crippen LogP contribution in [0.3, 0.4) is 0 Å². The zero-order valence-corrected chi connectivity index (χ0v) is 12.7. The van der Waals surface area contributed by atoms with Crippen LogP contribution in [0.2, 0.25) is 0 Å². The Morgan fingerprint density at radius 1 is 1.14 bits per heavy atom. The molecule has 0 unspecified atom stereocenters. The van der Waals surface area contributed by atoms with Crippen molar-refractivity contribution in [2.75, 3.05) is 32.8 Å². The van der Waals surface area contributed by atoms with E-state index in [0.717, 1.165) is 38.0 Å². The average molecular weight is 311 g/mol. The van der Waals surface area contributed by atoms with Gasteiger partial charge < -0.3 is 14.4 Å². The van der Waals surface area contributed by atoms with Crippen LogP contribution in [0.25, 0.3) is 0 Å². The largest absolute Gasteiger partial charge is 0.350 e. The number of halogens is 2. The summed E-state index contributed by atoms with van der Waals surface area (Å²) in [4.78, 5) is 2.45. The van der Waals surface area contributed by atoms with Crippen molar-refractivity contribution in [1.82, 2.24) is 4.90 Å². The Hall–Kier alpha value is -1.04. The van der Waals surface area contributed by atoms with E-state index in [1.165, 1.54) is 6.42 Å². The van der Waals surface area contributed by atoms with Gasteiger partial charge in [-0.2, -0.15) is 0 Å². The van der Waals surface area contributed by atoms with Gasteiger partial charge in [-0.25, -0.2) is 8.78 Å². The molecule has 1 aromatic rings.